The summed E-state index contributed by atoms with van der Waals surface area (Å²) in [5.74, 6) is 0. The second-order valence-electron chi connectivity index (χ2n) is 0. The van der Waals surface area contributed by atoms with Crippen molar-refractivity contribution in [2.45, 2.75) is 0 Å². The Balaban J connectivity index is -0.00000000900. The molecule has 0 aromatic carbocycles. The fourth-order valence-corrected chi connectivity index (χ4v) is 0. The summed E-state index contributed by atoms with van der Waals surface area (Å²) in [7, 11) is 0. The molecule has 0 nitrogen and oxygen atoms in total. The van der Waals surface area contributed by atoms with E-state index in [1.165, 1.54) is 0 Å². The van der Waals surface area contributed by atoms with Gasteiger partial charge in [0.1, 0.15) is 0 Å². The molecule has 0 aromatic rings. The minimum atomic E-state index is 0. The molecule has 0 aliphatic heterocycles. The van der Waals surface area contributed by atoms with Gasteiger partial charge < -0.3 is 0 Å². The van der Waals surface area contributed by atoms with Crippen molar-refractivity contribution in [3.05, 3.63) is 39.5 Å². The summed E-state index contributed by atoms with van der Waals surface area (Å²) in [4.78, 5) is 0. The molecule has 0 aliphatic carbocycles. The van der Waals surface area contributed by atoms with Gasteiger partial charge in [0.2, 0.25) is 0 Å². The van der Waals surface area contributed by atoms with E-state index in [-0.39, 0.29) is 24.4 Å². The molecule has 0 aromatic heterocycles. The average molecular weight is 209 g/mol. The Morgan fingerprint density at radius 2 is 0.429 bits per heavy atom. The fraction of sp³-hybridized carbons (Fsp3) is 0. The first-order chi connectivity index (χ1) is 3.00. The van der Waals surface area contributed by atoms with E-state index in [2.05, 4.69) is 39.5 Å². The SMILES string of the molecule is C=C.C=C.C=C.[SbH3]. The van der Waals surface area contributed by atoms with E-state index in [4.69, 9.17) is 0 Å². The summed E-state index contributed by atoms with van der Waals surface area (Å²) in [5.41, 5.74) is 0. The van der Waals surface area contributed by atoms with Gasteiger partial charge in [-0.3, -0.25) is 0 Å². The Morgan fingerprint density at radius 3 is 0.429 bits per heavy atom. The van der Waals surface area contributed by atoms with Gasteiger partial charge in [-0.2, -0.15) is 0 Å². The van der Waals surface area contributed by atoms with E-state index < -0.39 is 0 Å². The quantitative estimate of drug-likeness (QED) is 0.415. The summed E-state index contributed by atoms with van der Waals surface area (Å²) in [6, 6.07) is 0. The monoisotopic (exact) mass is 208 g/mol. The van der Waals surface area contributed by atoms with Crippen LogP contribution in [0.4, 0.5) is 0 Å². The van der Waals surface area contributed by atoms with Gasteiger partial charge in [-0.05, 0) is 0 Å². The molecule has 0 heterocycles. The van der Waals surface area contributed by atoms with Crippen molar-refractivity contribution in [2.24, 2.45) is 0 Å². The van der Waals surface area contributed by atoms with Crippen molar-refractivity contribution in [3.63, 3.8) is 0 Å². The summed E-state index contributed by atoms with van der Waals surface area (Å²) < 4.78 is 0. The Bertz CT molecular complexity index is 8.90. The number of rotatable bonds is 0. The van der Waals surface area contributed by atoms with Gasteiger partial charge in [-0.15, -0.1) is 39.5 Å². The van der Waals surface area contributed by atoms with Crippen LogP contribution in [-0.2, 0) is 0 Å². The molecule has 0 rings (SSSR count). The first-order valence-electron chi connectivity index (χ1n) is 1.50. The third kappa shape index (κ3) is 67500. The first kappa shape index (κ1) is 27.8. The predicted molar refractivity (Wildman–Crippen MR) is 43.7 cm³/mol. The van der Waals surface area contributed by atoms with E-state index >= 15 is 0 Å². The van der Waals surface area contributed by atoms with Gasteiger partial charge in [0.15, 0.2) is 0 Å². The maximum absolute atomic E-state index is 3.00. The van der Waals surface area contributed by atoms with Gasteiger partial charge in [-0.1, -0.05) is 0 Å². The van der Waals surface area contributed by atoms with Gasteiger partial charge in [0, 0.05) is 0 Å². The Kier molecular flexibility index (Phi) is 418000. The van der Waals surface area contributed by atoms with E-state index in [0.29, 0.717) is 0 Å². The standard InChI is InChI=1S/3C2H4.Sb.3H/c3*1-2;;;;/h3*1-2H2;;;;. The number of hydrogen-bond acceptors (Lipinski definition) is 0. The molecule has 0 unspecified atom stereocenters. The Hall–Kier alpha value is 0.0382. The van der Waals surface area contributed by atoms with Crippen LogP contribution in [0, 0.1) is 0 Å². The van der Waals surface area contributed by atoms with Crippen LogP contribution in [0.3, 0.4) is 0 Å². The third-order valence-electron chi connectivity index (χ3n) is 0. The molecular weight excluding hydrogens is 194 g/mol. The molecule has 0 fully saturated rings. The molecule has 0 amide bonds. The van der Waals surface area contributed by atoms with E-state index in [9.17, 15) is 0 Å². The molecule has 0 spiro atoms. The zero-order chi connectivity index (χ0) is 6.00. The topological polar surface area (TPSA) is 0 Å². The third-order valence-corrected chi connectivity index (χ3v) is 0. The van der Waals surface area contributed by atoms with Crippen molar-refractivity contribution in [2.75, 3.05) is 0 Å². The van der Waals surface area contributed by atoms with Crippen molar-refractivity contribution < 1.29 is 0 Å². The van der Waals surface area contributed by atoms with Gasteiger partial charge >= 0.3 is 24.4 Å². The predicted octanol–water partition coefficient (Wildman–Crippen LogP) is 1.22. The van der Waals surface area contributed by atoms with Crippen LogP contribution in [0.5, 0.6) is 0 Å². The Morgan fingerprint density at radius 1 is 0.429 bits per heavy atom. The molecule has 0 aliphatic rings. The second-order valence-corrected chi connectivity index (χ2v) is 0. The first-order valence-corrected chi connectivity index (χ1v) is 1.50. The summed E-state index contributed by atoms with van der Waals surface area (Å²) >= 11 is 0. The zero-order valence-corrected chi connectivity index (χ0v) is 8.99. The van der Waals surface area contributed by atoms with Gasteiger partial charge in [0.05, 0.1) is 0 Å². The molecule has 1 heteroatoms. The van der Waals surface area contributed by atoms with E-state index in [1.54, 1.807) is 0 Å². The molecule has 7 heavy (non-hydrogen) atoms. The van der Waals surface area contributed by atoms with Crippen LogP contribution < -0.4 is 0 Å². The molecule has 0 radical (unpaired) electrons. The van der Waals surface area contributed by atoms with Crippen LogP contribution in [0.25, 0.3) is 0 Å². The zero-order valence-electron chi connectivity index (χ0n) is 4.95. The fourth-order valence-electron chi connectivity index (χ4n) is 0. The normalized spacial score (nSPS) is 1.71. The summed E-state index contributed by atoms with van der Waals surface area (Å²) in [6.07, 6.45) is 0. The van der Waals surface area contributed by atoms with Gasteiger partial charge in [-0.25, -0.2) is 0 Å². The van der Waals surface area contributed by atoms with Crippen LogP contribution in [0.1, 0.15) is 0 Å². The molecule has 0 bridgehead atoms. The van der Waals surface area contributed by atoms with Gasteiger partial charge in [0.25, 0.3) is 0 Å². The molecule has 44 valence electrons. The van der Waals surface area contributed by atoms with Crippen LogP contribution in [0.15, 0.2) is 39.5 Å². The van der Waals surface area contributed by atoms with Crippen molar-refractivity contribution in [1.82, 2.24) is 0 Å². The van der Waals surface area contributed by atoms with Crippen LogP contribution in [-0.4, -0.2) is 24.4 Å². The molecular formula is C6H15Sb. The minimum absolute atomic E-state index is 0. The van der Waals surface area contributed by atoms with Crippen molar-refractivity contribution in [1.29, 1.82) is 0 Å². The summed E-state index contributed by atoms with van der Waals surface area (Å²) in [5, 5.41) is 0. The average Bonchev–Trinajstić information content (AvgIpc) is 1.81. The summed E-state index contributed by atoms with van der Waals surface area (Å²) in [6.45, 7) is 18.0. The second kappa shape index (κ2) is 105000. The molecule has 0 saturated heterocycles. The van der Waals surface area contributed by atoms with E-state index in [1.807, 2.05) is 0 Å². The number of hydrogen-bond donors (Lipinski definition) is 0. The maximum atomic E-state index is 3.00. The van der Waals surface area contributed by atoms with Crippen molar-refractivity contribution >= 4 is 24.4 Å². The molecule has 0 N–H and O–H groups in total. The molecule has 0 saturated carbocycles. The van der Waals surface area contributed by atoms with Crippen LogP contribution >= 0.6 is 0 Å². The Labute approximate surface area is 64.1 Å². The van der Waals surface area contributed by atoms with Crippen LogP contribution in [0.2, 0.25) is 0 Å². The molecule has 0 atom stereocenters. The van der Waals surface area contributed by atoms with Crippen molar-refractivity contribution in [3.8, 4) is 0 Å². The van der Waals surface area contributed by atoms with E-state index in [0.717, 1.165) is 0 Å².